The quantitative estimate of drug-likeness (QED) is 0.701. The van der Waals surface area contributed by atoms with Crippen molar-refractivity contribution >= 4 is 0 Å². The Bertz CT molecular complexity index is 270. The van der Waals surface area contributed by atoms with Crippen molar-refractivity contribution in [1.29, 1.82) is 5.26 Å². The molecule has 2 aliphatic rings. The van der Waals surface area contributed by atoms with E-state index in [-0.39, 0.29) is 5.54 Å². The fourth-order valence-corrected chi connectivity index (χ4v) is 2.80. The van der Waals surface area contributed by atoms with Crippen LogP contribution in [0.4, 0.5) is 0 Å². The summed E-state index contributed by atoms with van der Waals surface area (Å²) in [5, 5.41) is 13.0. The third-order valence-electron chi connectivity index (χ3n) is 3.87. The maximum Gasteiger partial charge on any atom is 0.109 e. The minimum atomic E-state index is -0.238. The van der Waals surface area contributed by atoms with E-state index in [1.165, 1.54) is 25.7 Å². The van der Waals surface area contributed by atoms with Crippen LogP contribution < -0.4 is 5.32 Å². The van der Waals surface area contributed by atoms with Crippen molar-refractivity contribution in [3.05, 3.63) is 0 Å². The Morgan fingerprint density at radius 1 is 1.44 bits per heavy atom. The molecule has 2 rings (SSSR count). The van der Waals surface area contributed by atoms with E-state index in [1.54, 1.807) is 0 Å². The van der Waals surface area contributed by atoms with Crippen molar-refractivity contribution in [2.75, 3.05) is 13.2 Å². The first-order chi connectivity index (χ1) is 7.80. The molecule has 2 atom stereocenters. The smallest absolute Gasteiger partial charge is 0.109 e. The zero-order chi connectivity index (χ0) is 11.4. The highest BCUT2D eigenvalue weighted by atomic mass is 16.5. The third-order valence-corrected chi connectivity index (χ3v) is 3.87. The van der Waals surface area contributed by atoms with E-state index < -0.39 is 0 Å². The van der Waals surface area contributed by atoms with E-state index in [2.05, 4.69) is 11.4 Å². The summed E-state index contributed by atoms with van der Waals surface area (Å²) < 4.78 is 5.42. The molecule has 0 spiro atoms. The molecule has 0 heterocycles. The second-order valence-corrected chi connectivity index (χ2v) is 5.08. The molecule has 90 valence electrons. The van der Waals surface area contributed by atoms with Crippen molar-refractivity contribution in [2.45, 2.75) is 57.0 Å². The summed E-state index contributed by atoms with van der Waals surface area (Å²) in [6, 6.07) is 3.18. The van der Waals surface area contributed by atoms with Gasteiger partial charge in [0.25, 0.3) is 0 Å². The molecule has 2 unspecified atom stereocenters. The molecular formula is C13H22N2O. The molecule has 2 fully saturated rings. The van der Waals surface area contributed by atoms with Gasteiger partial charge in [-0.2, -0.15) is 5.26 Å². The minimum absolute atomic E-state index is 0.238. The van der Waals surface area contributed by atoms with Gasteiger partial charge in [0, 0.05) is 19.3 Å². The van der Waals surface area contributed by atoms with Crippen LogP contribution in [0.5, 0.6) is 0 Å². The molecule has 0 aromatic rings. The maximum absolute atomic E-state index is 9.47. The molecule has 0 aromatic carbocycles. The lowest BCUT2D eigenvalue weighted by atomic mass is 9.86. The zero-order valence-corrected chi connectivity index (χ0v) is 10.2. The molecule has 0 bridgehead atoms. The number of ether oxygens (including phenoxy) is 1. The lowest BCUT2D eigenvalue weighted by Gasteiger charge is -2.30. The van der Waals surface area contributed by atoms with Crippen LogP contribution in [0.3, 0.4) is 0 Å². The average Bonchev–Trinajstić information content (AvgIpc) is 3.01. The normalized spacial score (nSPS) is 33.9. The van der Waals surface area contributed by atoms with Gasteiger partial charge in [0.05, 0.1) is 6.07 Å². The van der Waals surface area contributed by atoms with Crippen LogP contribution in [0.15, 0.2) is 0 Å². The molecular weight excluding hydrogens is 200 g/mol. The van der Waals surface area contributed by atoms with E-state index in [9.17, 15) is 5.26 Å². The summed E-state index contributed by atoms with van der Waals surface area (Å²) in [4.78, 5) is 0. The van der Waals surface area contributed by atoms with Gasteiger partial charge in [-0.3, -0.25) is 5.32 Å². The van der Waals surface area contributed by atoms with Crippen molar-refractivity contribution < 1.29 is 4.74 Å². The first-order valence-electron chi connectivity index (χ1n) is 6.57. The Balaban J connectivity index is 1.90. The summed E-state index contributed by atoms with van der Waals surface area (Å²) in [6.45, 7) is 3.61. The molecule has 0 radical (unpaired) electrons. The van der Waals surface area contributed by atoms with E-state index in [0.717, 1.165) is 26.1 Å². The molecule has 0 amide bonds. The van der Waals surface area contributed by atoms with Gasteiger partial charge in [-0.15, -0.1) is 0 Å². The van der Waals surface area contributed by atoms with Gasteiger partial charge in [0.2, 0.25) is 0 Å². The van der Waals surface area contributed by atoms with Gasteiger partial charge in [-0.05, 0) is 44.9 Å². The van der Waals surface area contributed by atoms with Crippen molar-refractivity contribution in [2.24, 2.45) is 5.92 Å². The molecule has 1 N–H and O–H groups in total. The molecule has 0 saturated heterocycles. The Kier molecular flexibility index (Phi) is 3.83. The van der Waals surface area contributed by atoms with Crippen LogP contribution in [-0.2, 0) is 4.74 Å². The molecule has 3 heteroatoms. The van der Waals surface area contributed by atoms with Gasteiger partial charge < -0.3 is 4.74 Å². The summed E-state index contributed by atoms with van der Waals surface area (Å²) in [5.41, 5.74) is -0.238. The number of hydrogen-bond donors (Lipinski definition) is 1. The number of nitriles is 1. The third kappa shape index (κ3) is 2.56. The van der Waals surface area contributed by atoms with E-state index in [1.807, 2.05) is 6.92 Å². The molecule has 16 heavy (non-hydrogen) atoms. The summed E-state index contributed by atoms with van der Waals surface area (Å²) in [5.74, 6) is 0.490. The predicted octanol–water partition coefficient (Wildman–Crippen LogP) is 2.23. The monoisotopic (exact) mass is 222 g/mol. The summed E-state index contributed by atoms with van der Waals surface area (Å²) in [6.07, 6.45) is 6.92. The summed E-state index contributed by atoms with van der Waals surface area (Å²) >= 11 is 0. The van der Waals surface area contributed by atoms with Gasteiger partial charge >= 0.3 is 0 Å². The number of hydrogen-bond acceptors (Lipinski definition) is 3. The first kappa shape index (κ1) is 11.9. The van der Waals surface area contributed by atoms with Crippen LogP contribution in [0.2, 0.25) is 0 Å². The topological polar surface area (TPSA) is 45.0 Å². The Morgan fingerprint density at radius 2 is 2.25 bits per heavy atom. The number of rotatable bonds is 6. The molecule has 2 aliphatic carbocycles. The SMILES string of the molecule is CCOCCC1CCCC1(C#N)NC1CC1. The van der Waals surface area contributed by atoms with Crippen LogP contribution in [0.25, 0.3) is 0 Å². The van der Waals surface area contributed by atoms with Gasteiger partial charge in [0.15, 0.2) is 0 Å². The average molecular weight is 222 g/mol. The van der Waals surface area contributed by atoms with Gasteiger partial charge in [-0.1, -0.05) is 6.42 Å². The van der Waals surface area contributed by atoms with Crippen molar-refractivity contribution in [1.82, 2.24) is 5.32 Å². The van der Waals surface area contributed by atoms with Crippen LogP contribution in [-0.4, -0.2) is 24.8 Å². The van der Waals surface area contributed by atoms with Crippen molar-refractivity contribution in [3.8, 4) is 6.07 Å². The highest BCUT2D eigenvalue weighted by Crippen LogP contribution is 2.40. The lowest BCUT2D eigenvalue weighted by Crippen LogP contribution is -2.48. The van der Waals surface area contributed by atoms with Crippen LogP contribution in [0.1, 0.15) is 45.4 Å². The van der Waals surface area contributed by atoms with Crippen LogP contribution >= 0.6 is 0 Å². The van der Waals surface area contributed by atoms with E-state index >= 15 is 0 Å². The van der Waals surface area contributed by atoms with Gasteiger partial charge in [-0.25, -0.2) is 0 Å². The first-order valence-corrected chi connectivity index (χ1v) is 6.57. The number of nitrogens with one attached hydrogen (secondary N) is 1. The van der Waals surface area contributed by atoms with Gasteiger partial charge in [0.1, 0.15) is 5.54 Å². The Labute approximate surface area is 98.2 Å². The zero-order valence-electron chi connectivity index (χ0n) is 10.2. The van der Waals surface area contributed by atoms with Crippen LogP contribution in [0, 0.1) is 17.2 Å². The Hall–Kier alpha value is -0.590. The fraction of sp³-hybridized carbons (Fsp3) is 0.923. The molecule has 0 aliphatic heterocycles. The molecule has 3 nitrogen and oxygen atoms in total. The standard InChI is InChI=1S/C13H22N2O/c1-2-16-9-7-11-4-3-8-13(11,10-14)15-12-5-6-12/h11-12,15H,2-9H2,1H3. The largest absolute Gasteiger partial charge is 0.382 e. The highest BCUT2D eigenvalue weighted by Gasteiger charge is 2.45. The maximum atomic E-state index is 9.47. The Morgan fingerprint density at radius 3 is 2.88 bits per heavy atom. The lowest BCUT2D eigenvalue weighted by molar-refractivity contribution is 0.122. The molecule has 2 saturated carbocycles. The van der Waals surface area contributed by atoms with E-state index in [4.69, 9.17) is 4.74 Å². The molecule has 0 aromatic heterocycles. The van der Waals surface area contributed by atoms with Crippen molar-refractivity contribution in [3.63, 3.8) is 0 Å². The number of nitrogens with zero attached hydrogens (tertiary/aromatic N) is 1. The predicted molar refractivity (Wildman–Crippen MR) is 63.0 cm³/mol. The fourth-order valence-electron chi connectivity index (χ4n) is 2.80. The minimum Gasteiger partial charge on any atom is -0.382 e. The summed E-state index contributed by atoms with van der Waals surface area (Å²) in [7, 11) is 0. The second kappa shape index (κ2) is 5.16. The highest BCUT2D eigenvalue weighted by molar-refractivity contribution is 5.16. The second-order valence-electron chi connectivity index (χ2n) is 5.08. The van der Waals surface area contributed by atoms with E-state index in [0.29, 0.717) is 12.0 Å².